The summed E-state index contributed by atoms with van der Waals surface area (Å²) in [5.74, 6) is -0.201. The largest absolute Gasteiger partial charge is 0.370 e. The second-order valence-electron chi connectivity index (χ2n) is 5.34. The van der Waals surface area contributed by atoms with Crippen molar-refractivity contribution in [3.05, 3.63) is 35.9 Å². The van der Waals surface area contributed by atoms with Crippen molar-refractivity contribution in [2.45, 2.75) is 57.9 Å². The lowest BCUT2D eigenvalue weighted by molar-refractivity contribution is -0.118. The maximum Gasteiger partial charge on any atom is 0.217 e. The first-order valence-corrected chi connectivity index (χ1v) is 7.80. The topological polar surface area (TPSA) is 55.1 Å². The molecule has 1 unspecified atom stereocenters. The first-order valence-electron chi connectivity index (χ1n) is 7.80. The summed E-state index contributed by atoms with van der Waals surface area (Å²) in [6.45, 7) is 3.17. The first kappa shape index (κ1) is 16.7. The van der Waals surface area contributed by atoms with E-state index in [-0.39, 0.29) is 5.91 Å². The molecule has 0 aromatic heterocycles. The molecule has 0 radical (unpaired) electrons. The molecule has 1 amide bonds. The SMILES string of the molecule is CCCCCC(NCCCCC(N)=O)c1ccccc1. The zero-order valence-corrected chi connectivity index (χ0v) is 12.6. The van der Waals surface area contributed by atoms with Crippen molar-refractivity contribution in [1.29, 1.82) is 0 Å². The third kappa shape index (κ3) is 7.29. The average molecular weight is 276 g/mol. The third-order valence-electron chi connectivity index (χ3n) is 3.54. The van der Waals surface area contributed by atoms with E-state index in [1.165, 1.54) is 31.2 Å². The van der Waals surface area contributed by atoms with E-state index in [9.17, 15) is 4.79 Å². The molecule has 0 spiro atoms. The Morgan fingerprint density at radius 2 is 1.90 bits per heavy atom. The monoisotopic (exact) mass is 276 g/mol. The minimum atomic E-state index is -0.201. The number of unbranched alkanes of at least 4 members (excludes halogenated alkanes) is 3. The molecule has 3 nitrogen and oxygen atoms in total. The number of rotatable bonds is 11. The Labute approximate surface area is 122 Å². The number of benzene rings is 1. The molecule has 0 aliphatic carbocycles. The van der Waals surface area contributed by atoms with Crippen molar-refractivity contribution >= 4 is 5.91 Å². The van der Waals surface area contributed by atoms with Crippen LogP contribution in [-0.2, 0) is 4.79 Å². The number of carbonyl (C=O) groups is 1. The van der Waals surface area contributed by atoms with Gasteiger partial charge in [0.05, 0.1) is 0 Å². The lowest BCUT2D eigenvalue weighted by Crippen LogP contribution is -2.23. The van der Waals surface area contributed by atoms with Crippen molar-refractivity contribution < 1.29 is 4.79 Å². The highest BCUT2D eigenvalue weighted by atomic mass is 16.1. The quantitative estimate of drug-likeness (QED) is 0.607. The molecule has 112 valence electrons. The summed E-state index contributed by atoms with van der Waals surface area (Å²) in [5.41, 5.74) is 6.51. The molecule has 0 bridgehead atoms. The second kappa shape index (κ2) is 10.4. The van der Waals surface area contributed by atoms with E-state index in [0.29, 0.717) is 12.5 Å². The molecule has 0 aliphatic heterocycles. The fraction of sp³-hybridized carbons (Fsp3) is 0.588. The normalized spacial score (nSPS) is 12.2. The van der Waals surface area contributed by atoms with Gasteiger partial charge in [-0.15, -0.1) is 0 Å². The van der Waals surface area contributed by atoms with E-state index in [1.54, 1.807) is 0 Å². The summed E-state index contributed by atoms with van der Waals surface area (Å²) in [4.78, 5) is 10.7. The second-order valence-corrected chi connectivity index (χ2v) is 5.34. The number of nitrogens with one attached hydrogen (secondary N) is 1. The molecule has 0 fully saturated rings. The molecule has 1 aromatic carbocycles. The lowest BCUT2D eigenvalue weighted by Gasteiger charge is -2.19. The van der Waals surface area contributed by atoms with Gasteiger partial charge in [0.1, 0.15) is 0 Å². The van der Waals surface area contributed by atoms with Crippen molar-refractivity contribution in [2.24, 2.45) is 5.73 Å². The van der Waals surface area contributed by atoms with E-state index < -0.39 is 0 Å². The van der Waals surface area contributed by atoms with Crippen LogP contribution in [-0.4, -0.2) is 12.5 Å². The van der Waals surface area contributed by atoms with Crippen molar-refractivity contribution in [1.82, 2.24) is 5.32 Å². The molecular formula is C17H28N2O. The Bertz CT molecular complexity index is 365. The molecule has 0 aliphatic rings. The van der Waals surface area contributed by atoms with Gasteiger partial charge in [-0.3, -0.25) is 4.79 Å². The molecule has 3 heteroatoms. The van der Waals surface area contributed by atoms with Crippen LogP contribution in [0.4, 0.5) is 0 Å². The van der Waals surface area contributed by atoms with Crippen LogP contribution in [0.3, 0.4) is 0 Å². The highest BCUT2D eigenvalue weighted by Crippen LogP contribution is 2.19. The first-order chi connectivity index (χ1) is 9.74. The third-order valence-corrected chi connectivity index (χ3v) is 3.54. The summed E-state index contributed by atoms with van der Waals surface area (Å²) < 4.78 is 0. The van der Waals surface area contributed by atoms with E-state index in [1.807, 2.05) is 0 Å². The number of amides is 1. The van der Waals surface area contributed by atoms with Crippen LogP contribution in [0, 0.1) is 0 Å². The van der Waals surface area contributed by atoms with Crippen molar-refractivity contribution in [3.63, 3.8) is 0 Å². The molecular weight excluding hydrogens is 248 g/mol. The maximum atomic E-state index is 10.7. The summed E-state index contributed by atoms with van der Waals surface area (Å²) in [5, 5.41) is 3.62. The Morgan fingerprint density at radius 3 is 2.55 bits per heavy atom. The van der Waals surface area contributed by atoms with Crippen molar-refractivity contribution in [3.8, 4) is 0 Å². The Morgan fingerprint density at radius 1 is 1.15 bits per heavy atom. The Hall–Kier alpha value is -1.35. The van der Waals surface area contributed by atoms with Gasteiger partial charge in [0.15, 0.2) is 0 Å². The zero-order valence-electron chi connectivity index (χ0n) is 12.6. The predicted octanol–water partition coefficient (Wildman–Crippen LogP) is 3.55. The van der Waals surface area contributed by atoms with Crippen LogP contribution in [0.15, 0.2) is 30.3 Å². The number of nitrogens with two attached hydrogens (primary N) is 1. The number of hydrogen-bond donors (Lipinski definition) is 2. The molecule has 0 saturated carbocycles. The molecule has 1 rings (SSSR count). The smallest absolute Gasteiger partial charge is 0.217 e. The van der Waals surface area contributed by atoms with Gasteiger partial charge in [-0.05, 0) is 31.4 Å². The van der Waals surface area contributed by atoms with E-state index in [0.717, 1.165) is 19.4 Å². The highest BCUT2D eigenvalue weighted by molar-refractivity contribution is 5.73. The zero-order chi connectivity index (χ0) is 14.6. The fourth-order valence-corrected chi connectivity index (χ4v) is 2.37. The standard InChI is InChI=1S/C17H28N2O/c1-2-3-5-12-16(15-10-6-4-7-11-15)19-14-9-8-13-17(18)20/h4,6-7,10-11,16,19H,2-3,5,8-9,12-14H2,1H3,(H2,18,20). The Kier molecular flexibility index (Phi) is 8.72. The van der Waals surface area contributed by atoms with Crippen LogP contribution < -0.4 is 11.1 Å². The van der Waals surface area contributed by atoms with Gasteiger partial charge < -0.3 is 11.1 Å². The van der Waals surface area contributed by atoms with Crippen LogP contribution in [0.1, 0.15) is 63.5 Å². The number of carbonyl (C=O) groups excluding carboxylic acids is 1. The minimum Gasteiger partial charge on any atom is -0.370 e. The maximum absolute atomic E-state index is 10.7. The van der Waals surface area contributed by atoms with Crippen molar-refractivity contribution in [2.75, 3.05) is 6.54 Å². The summed E-state index contributed by atoms with van der Waals surface area (Å²) in [6, 6.07) is 11.0. The Balaban J connectivity index is 2.36. The van der Waals surface area contributed by atoms with E-state index >= 15 is 0 Å². The van der Waals surface area contributed by atoms with Gasteiger partial charge in [0.25, 0.3) is 0 Å². The molecule has 0 saturated heterocycles. The summed E-state index contributed by atoms with van der Waals surface area (Å²) in [7, 11) is 0. The van der Waals surface area contributed by atoms with Crippen LogP contribution in [0.5, 0.6) is 0 Å². The molecule has 1 atom stereocenters. The van der Waals surface area contributed by atoms with Gasteiger partial charge in [0, 0.05) is 12.5 Å². The van der Waals surface area contributed by atoms with Gasteiger partial charge >= 0.3 is 0 Å². The highest BCUT2D eigenvalue weighted by Gasteiger charge is 2.09. The lowest BCUT2D eigenvalue weighted by atomic mass is 10.0. The van der Waals surface area contributed by atoms with Gasteiger partial charge in [-0.2, -0.15) is 0 Å². The van der Waals surface area contributed by atoms with Gasteiger partial charge in [-0.25, -0.2) is 0 Å². The molecule has 20 heavy (non-hydrogen) atoms. The fourth-order valence-electron chi connectivity index (χ4n) is 2.37. The van der Waals surface area contributed by atoms with Gasteiger partial charge in [0.2, 0.25) is 5.91 Å². The molecule has 1 aromatic rings. The average Bonchev–Trinajstić information content (AvgIpc) is 2.46. The molecule has 3 N–H and O–H groups in total. The summed E-state index contributed by atoms with van der Waals surface area (Å²) in [6.07, 6.45) is 7.33. The van der Waals surface area contributed by atoms with E-state index in [4.69, 9.17) is 5.73 Å². The number of hydrogen-bond acceptors (Lipinski definition) is 2. The van der Waals surface area contributed by atoms with E-state index in [2.05, 4.69) is 42.6 Å². The predicted molar refractivity (Wildman–Crippen MR) is 84.4 cm³/mol. The minimum absolute atomic E-state index is 0.201. The van der Waals surface area contributed by atoms with Crippen LogP contribution in [0.25, 0.3) is 0 Å². The van der Waals surface area contributed by atoms with Crippen LogP contribution in [0.2, 0.25) is 0 Å². The molecule has 0 heterocycles. The number of primary amides is 1. The van der Waals surface area contributed by atoms with Crippen LogP contribution >= 0.6 is 0 Å². The van der Waals surface area contributed by atoms with Gasteiger partial charge in [-0.1, -0.05) is 56.5 Å². The summed E-state index contributed by atoms with van der Waals surface area (Å²) >= 11 is 0.